The van der Waals surface area contributed by atoms with Crippen molar-refractivity contribution in [2.75, 3.05) is 44.7 Å². The molecule has 3 heterocycles. The molecule has 32 heavy (non-hydrogen) atoms. The number of fused-ring (bicyclic) bond motifs is 1. The van der Waals surface area contributed by atoms with Crippen LogP contribution in [0.4, 0.5) is 5.69 Å². The second-order valence-corrected chi connectivity index (χ2v) is 11.0. The molecule has 3 saturated heterocycles. The van der Waals surface area contributed by atoms with E-state index in [1.807, 2.05) is 12.1 Å². The molecule has 0 N–H and O–H groups in total. The van der Waals surface area contributed by atoms with Crippen molar-refractivity contribution in [2.24, 2.45) is 23.7 Å². The molecule has 1 aromatic rings. The monoisotopic (exact) mass is 440 g/mol. The minimum atomic E-state index is -0.364. The third-order valence-corrected chi connectivity index (χ3v) is 9.36. The molecule has 5 fully saturated rings. The summed E-state index contributed by atoms with van der Waals surface area (Å²) in [6.07, 6.45) is 4.65. The van der Waals surface area contributed by atoms with Crippen LogP contribution in [0.1, 0.15) is 39.5 Å². The first-order valence-electron chi connectivity index (χ1n) is 12.5. The Morgan fingerprint density at radius 1 is 1.06 bits per heavy atom. The van der Waals surface area contributed by atoms with Gasteiger partial charge < -0.3 is 19.1 Å². The van der Waals surface area contributed by atoms with Crippen LogP contribution in [0.2, 0.25) is 0 Å². The standard InChI is InChI=1S/C26H36N2O4/c1-17-4-9-22-20(23(29)31-26(22)21(17)10-11-25(2)24(26)32-25)16-27-12-14-28(15-13-27)18-5-7-19(30-3)8-6-18/h5-8,17,20-22,24H,4,9-16H2,1-3H3/t17-,20-,21-,22+,24+,25-,26-/m0/s1. The average molecular weight is 441 g/mol. The molecule has 1 aromatic carbocycles. The summed E-state index contributed by atoms with van der Waals surface area (Å²) in [5.41, 5.74) is 0.809. The summed E-state index contributed by atoms with van der Waals surface area (Å²) in [5, 5.41) is 0. The van der Waals surface area contributed by atoms with Crippen LogP contribution in [0.5, 0.6) is 5.75 Å². The van der Waals surface area contributed by atoms with Crippen LogP contribution in [0.25, 0.3) is 0 Å². The van der Waals surface area contributed by atoms with Crippen molar-refractivity contribution in [3.63, 3.8) is 0 Å². The maximum atomic E-state index is 13.3. The number of benzene rings is 1. The van der Waals surface area contributed by atoms with Crippen molar-refractivity contribution < 1.29 is 19.0 Å². The van der Waals surface area contributed by atoms with Gasteiger partial charge in [-0.3, -0.25) is 9.69 Å². The number of piperazine rings is 1. The molecule has 5 aliphatic rings. The first-order valence-corrected chi connectivity index (χ1v) is 12.5. The molecule has 0 bridgehead atoms. The van der Waals surface area contributed by atoms with Crippen molar-refractivity contribution in [1.82, 2.24) is 4.90 Å². The molecule has 0 aromatic heterocycles. The van der Waals surface area contributed by atoms with Gasteiger partial charge in [-0.1, -0.05) is 6.92 Å². The number of epoxide rings is 1. The van der Waals surface area contributed by atoms with E-state index < -0.39 is 0 Å². The quantitative estimate of drug-likeness (QED) is 0.529. The first kappa shape index (κ1) is 20.8. The van der Waals surface area contributed by atoms with E-state index in [0.29, 0.717) is 17.8 Å². The molecule has 3 aliphatic heterocycles. The van der Waals surface area contributed by atoms with Gasteiger partial charge in [-0.15, -0.1) is 0 Å². The van der Waals surface area contributed by atoms with Gasteiger partial charge in [0.2, 0.25) is 0 Å². The number of ether oxygens (including phenoxy) is 3. The van der Waals surface area contributed by atoms with Crippen LogP contribution in [-0.2, 0) is 14.3 Å². The Balaban J connectivity index is 1.14. The predicted octanol–water partition coefficient (Wildman–Crippen LogP) is 3.34. The normalized spacial score (nSPS) is 43.2. The molecule has 6 heteroatoms. The fourth-order valence-electron chi connectivity index (χ4n) is 7.52. The summed E-state index contributed by atoms with van der Waals surface area (Å²) < 4.78 is 17.9. The summed E-state index contributed by atoms with van der Waals surface area (Å²) in [5.74, 6) is 2.29. The van der Waals surface area contributed by atoms with Crippen LogP contribution in [0, 0.1) is 23.7 Å². The number of rotatable bonds is 4. The zero-order valence-corrected chi connectivity index (χ0v) is 19.6. The van der Waals surface area contributed by atoms with Crippen LogP contribution < -0.4 is 9.64 Å². The maximum absolute atomic E-state index is 13.3. The third kappa shape index (κ3) is 3.02. The van der Waals surface area contributed by atoms with Gasteiger partial charge in [-0.05, 0) is 62.8 Å². The van der Waals surface area contributed by atoms with Crippen LogP contribution in [0.3, 0.4) is 0 Å². The Morgan fingerprint density at radius 3 is 2.53 bits per heavy atom. The number of carbonyl (C=O) groups excluding carboxylic acids is 1. The number of methoxy groups -OCH3 is 1. The Morgan fingerprint density at radius 2 is 1.81 bits per heavy atom. The summed E-state index contributed by atoms with van der Waals surface area (Å²) in [7, 11) is 1.70. The van der Waals surface area contributed by atoms with Gasteiger partial charge in [0.05, 0.1) is 18.6 Å². The highest BCUT2D eigenvalue weighted by Crippen LogP contribution is 2.66. The molecule has 1 spiro atoms. The number of hydrogen-bond donors (Lipinski definition) is 0. The first-order chi connectivity index (χ1) is 15.4. The zero-order valence-electron chi connectivity index (χ0n) is 19.6. The van der Waals surface area contributed by atoms with Gasteiger partial charge in [0.25, 0.3) is 0 Å². The molecule has 2 saturated carbocycles. The Labute approximate surface area is 191 Å². The summed E-state index contributed by atoms with van der Waals surface area (Å²) in [4.78, 5) is 18.2. The molecule has 6 rings (SSSR count). The number of esters is 1. The van der Waals surface area contributed by atoms with Gasteiger partial charge in [-0.25, -0.2) is 0 Å². The molecule has 0 unspecified atom stereocenters. The Kier molecular flexibility index (Phi) is 4.78. The molecule has 0 amide bonds. The number of nitrogens with zero attached hydrogens (tertiary/aromatic N) is 2. The van der Waals surface area contributed by atoms with Gasteiger partial charge in [0, 0.05) is 50.2 Å². The number of anilines is 1. The van der Waals surface area contributed by atoms with Crippen LogP contribution in [0.15, 0.2) is 24.3 Å². The van der Waals surface area contributed by atoms with E-state index in [1.165, 1.54) is 12.1 Å². The second-order valence-electron chi connectivity index (χ2n) is 11.0. The van der Waals surface area contributed by atoms with Gasteiger partial charge in [0.15, 0.2) is 0 Å². The van der Waals surface area contributed by atoms with E-state index in [9.17, 15) is 4.79 Å². The minimum Gasteiger partial charge on any atom is -0.497 e. The largest absolute Gasteiger partial charge is 0.497 e. The summed E-state index contributed by atoms with van der Waals surface area (Å²) >= 11 is 0. The predicted molar refractivity (Wildman–Crippen MR) is 122 cm³/mol. The van der Waals surface area contributed by atoms with Crippen molar-refractivity contribution in [3.8, 4) is 5.75 Å². The van der Waals surface area contributed by atoms with Crippen molar-refractivity contribution in [2.45, 2.75) is 56.8 Å². The molecule has 7 atom stereocenters. The zero-order chi connectivity index (χ0) is 22.1. The summed E-state index contributed by atoms with van der Waals surface area (Å²) in [6, 6.07) is 8.30. The van der Waals surface area contributed by atoms with E-state index in [-0.39, 0.29) is 29.2 Å². The molecule has 2 aliphatic carbocycles. The van der Waals surface area contributed by atoms with Gasteiger partial charge in [-0.2, -0.15) is 0 Å². The SMILES string of the molecule is COc1ccc(N2CCN(C[C@@H]3C(=O)O[C@]45[C@@H]3CC[C@H](C)[C@@H]4CC[C@]3(C)O[C@@H]53)CC2)cc1. The fraction of sp³-hybridized carbons (Fsp3) is 0.731. The van der Waals surface area contributed by atoms with E-state index in [2.05, 4.69) is 35.8 Å². The maximum Gasteiger partial charge on any atom is 0.311 e. The lowest BCUT2D eigenvalue weighted by atomic mass is 9.55. The minimum absolute atomic E-state index is 0.0101. The van der Waals surface area contributed by atoms with Crippen molar-refractivity contribution >= 4 is 11.7 Å². The molecular weight excluding hydrogens is 404 g/mol. The Bertz CT molecular complexity index is 882. The highest BCUT2D eigenvalue weighted by atomic mass is 16.7. The average Bonchev–Trinajstić information content (AvgIpc) is 3.44. The molecule has 0 radical (unpaired) electrons. The molecule has 174 valence electrons. The molecule has 6 nitrogen and oxygen atoms in total. The summed E-state index contributed by atoms with van der Waals surface area (Å²) in [6.45, 7) is 9.32. The third-order valence-electron chi connectivity index (χ3n) is 9.36. The van der Waals surface area contributed by atoms with Gasteiger partial charge >= 0.3 is 5.97 Å². The van der Waals surface area contributed by atoms with Crippen molar-refractivity contribution in [1.29, 1.82) is 0 Å². The second kappa shape index (κ2) is 7.36. The van der Waals surface area contributed by atoms with Gasteiger partial charge in [0.1, 0.15) is 17.5 Å². The highest BCUT2D eigenvalue weighted by Gasteiger charge is 2.77. The van der Waals surface area contributed by atoms with E-state index in [0.717, 1.165) is 57.7 Å². The lowest BCUT2D eigenvalue weighted by Crippen LogP contribution is -2.58. The van der Waals surface area contributed by atoms with Crippen LogP contribution >= 0.6 is 0 Å². The van der Waals surface area contributed by atoms with E-state index in [1.54, 1.807) is 7.11 Å². The topological polar surface area (TPSA) is 54.5 Å². The number of carbonyl (C=O) groups is 1. The fourth-order valence-corrected chi connectivity index (χ4v) is 7.52. The van der Waals surface area contributed by atoms with E-state index >= 15 is 0 Å². The lowest BCUT2D eigenvalue weighted by Gasteiger charge is -2.50. The lowest BCUT2D eigenvalue weighted by molar-refractivity contribution is -0.168. The van der Waals surface area contributed by atoms with Crippen molar-refractivity contribution in [3.05, 3.63) is 24.3 Å². The highest BCUT2D eigenvalue weighted by molar-refractivity contribution is 5.77. The van der Waals surface area contributed by atoms with E-state index in [4.69, 9.17) is 14.2 Å². The Hall–Kier alpha value is -1.79. The van der Waals surface area contributed by atoms with Crippen LogP contribution in [-0.4, -0.2) is 68.0 Å². The molecular formula is C26H36N2O4. The smallest absolute Gasteiger partial charge is 0.311 e. The number of hydrogen-bond acceptors (Lipinski definition) is 6.